The van der Waals surface area contributed by atoms with Gasteiger partial charge in [0.05, 0.1) is 6.54 Å². The molecule has 0 heterocycles. The maximum absolute atomic E-state index is 11.7. The Kier molecular flexibility index (Phi) is 7.54. The Bertz CT molecular complexity index is 250. The molecule has 100 valence electrons. The van der Waals surface area contributed by atoms with Crippen molar-refractivity contribution in [3.63, 3.8) is 0 Å². The third kappa shape index (κ3) is 6.94. The van der Waals surface area contributed by atoms with Crippen LogP contribution in [0.15, 0.2) is 0 Å². The molecule has 2 N–H and O–H groups in total. The summed E-state index contributed by atoms with van der Waals surface area (Å²) in [6.07, 6.45) is 0.458. The molecule has 1 atom stereocenters. The lowest BCUT2D eigenvalue weighted by molar-refractivity contribution is -0.142. The molecule has 0 aliphatic heterocycles. The van der Waals surface area contributed by atoms with Crippen molar-refractivity contribution in [1.29, 1.82) is 0 Å². The van der Waals surface area contributed by atoms with Gasteiger partial charge < -0.3 is 10.4 Å². The molecular weight excluding hydrogens is 220 g/mol. The van der Waals surface area contributed by atoms with Gasteiger partial charge in [0.15, 0.2) is 0 Å². The Morgan fingerprint density at radius 2 is 1.76 bits per heavy atom. The first-order valence-corrected chi connectivity index (χ1v) is 6.15. The second kappa shape index (κ2) is 8.06. The molecule has 0 aromatic heterocycles. The molecule has 0 aliphatic rings. The summed E-state index contributed by atoms with van der Waals surface area (Å²) >= 11 is 0. The lowest BCUT2D eigenvalue weighted by Crippen LogP contribution is -2.46. The molecule has 0 fully saturated rings. The average molecular weight is 244 g/mol. The molecule has 5 nitrogen and oxygen atoms in total. The lowest BCUT2D eigenvalue weighted by Gasteiger charge is -2.20. The molecule has 0 radical (unpaired) electrons. The molecule has 0 bridgehead atoms. The quantitative estimate of drug-likeness (QED) is 0.667. The Morgan fingerprint density at radius 3 is 2.12 bits per heavy atom. The molecule has 0 aliphatic carbocycles. The van der Waals surface area contributed by atoms with E-state index < -0.39 is 12.0 Å². The van der Waals surface area contributed by atoms with E-state index in [1.807, 2.05) is 32.6 Å². The van der Waals surface area contributed by atoms with Crippen LogP contribution in [0.25, 0.3) is 0 Å². The summed E-state index contributed by atoms with van der Waals surface area (Å²) < 4.78 is 0. The summed E-state index contributed by atoms with van der Waals surface area (Å²) in [4.78, 5) is 24.6. The number of carbonyl (C=O) groups is 2. The van der Waals surface area contributed by atoms with Crippen LogP contribution in [-0.4, -0.2) is 47.6 Å². The summed E-state index contributed by atoms with van der Waals surface area (Å²) in [5, 5.41) is 11.6. The molecule has 0 unspecified atom stereocenters. The fraction of sp³-hybridized carbons (Fsp3) is 0.833. The number of hydrogen-bond donors (Lipinski definition) is 2. The second-order valence-electron chi connectivity index (χ2n) is 4.55. The van der Waals surface area contributed by atoms with Crippen LogP contribution in [0.2, 0.25) is 0 Å². The molecule has 0 aromatic rings. The zero-order valence-electron chi connectivity index (χ0n) is 11.2. The summed E-state index contributed by atoms with van der Waals surface area (Å²) in [5.74, 6) is -0.946. The van der Waals surface area contributed by atoms with E-state index in [9.17, 15) is 9.59 Å². The van der Waals surface area contributed by atoms with Crippen LogP contribution in [0.3, 0.4) is 0 Å². The van der Waals surface area contributed by atoms with E-state index in [4.69, 9.17) is 5.11 Å². The van der Waals surface area contributed by atoms with E-state index in [-0.39, 0.29) is 18.4 Å². The number of likely N-dealkylation sites (N-methyl/N-ethyl adjacent to an activating group) is 1. The van der Waals surface area contributed by atoms with Crippen LogP contribution in [-0.2, 0) is 9.59 Å². The Morgan fingerprint density at radius 1 is 1.24 bits per heavy atom. The minimum atomic E-state index is -0.966. The second-order valence-corrected chi connectivity index (χ2v) is 4.55. The van der Waals surface area contributed by atoms with E-state index >= 15 is 0 Å². The van der Waals surface area contributed by atoms with Crippen molar-refractivity contribution in [2.75, 3.05) is 19.6 Å². The highest BCUT2D eigenvalue weighted by Crippen LogP contribution is 2.04. The fourth-order valence-corrected chi connectivity index (χ4v) is 1.58. The number of nitrogens with zero attached hydrogens (tertiary/aromatic N) is 1. The average Bonchev–Trinajstić information content (AvgIpc) is 2.24. The molecular formula is C12H24N2O3. The van der Waals surface area contributed by atoms with E-state index in [2.05, 4.69) is 5.32 Å². The zero-order valence-corrected chi connectivity index (χ0v) is 11.2. The van der Waals surface area contributed by atoms with E-state index in [0.717, 1.165) is 13.1 Å². The molecule has 5 heteroatoms. The molecule has 1 amide bonds. The first-order valence-electron chi connectivity index (χ1n) is 6.15. The summed E-state index contributed by atoms with van der Waals surface area (Å²) in [6, 6.07) is -0.780. The number of rotatable bonds is 8. The van der Waals surface area contributed by atoms with Crippen LogP contribution in [0.4, 0.5) is 0 Å². The van der Waals surface area contributed by atoms with Gasteiger partial charge in [-0.15, -0.1) is 0 Å². The van der Waals surface area contributed by atoms with Crippen molar-refractivity contribution in [3.05, 3.63) is 0 Å². The lowest BCUT2D eigenvalue weighted by atomic mass is 10.0. The van der Waals surface area contributed by atoms with Crippen LogP contribution in [0.5, 0.6) is 0 Å². The van der Waals surface area contributed by atoms with Gasteiger partial charge in [0.2, 0.25) is 5.91 Å². The Balaban J connectivity index is 4.25. The van der Waals surface area contributed by atoms with Crippen molar-refractivity contribution in [2.24, 2.45) is 5.92 Å². The highest BCUT2D eigenvalue weighted by Gasteiger charge is 2.21. The number of amides is 1. The number of aliphatic carboxylic acids is 1. The van der Waals surface area contributed by atoms with E-state index in [1.165, 1.54) is 0 Å². The highest BCUT2D eigenvalue weighted by atomic mass is 16.4. The van der Waals surface area contributed by atoms with E-state index in [0.29, 0.717) is 6.42 Å². The van der Waals surface area contributed by atoms with Gasteiger partial charge in [-0.05, 0) is 25.4 Å². The smallest absolute Gasteiger partial charge is 0.326 e. The first kappa shape index (κ1) is 15.9. The maximum Gasteiger partial charge on any atom is 0.326 e. The van der Waals surface area contributed by atoms with Crippen LogP contribution in [0.1, 0.15) is 34.1 Å². The Hall–Kier alpha value is -1.10. The van der Waals surface area contributed by atoms with Gasteiger partial charge in [-0.25, -0.2) is 4.79 Å². The minimum Gasteiger partial charge on any atom is -0.480 e. The minimum absolute atomic E-state index is 0.221. The number of carboxylic acids is 1. The number of nitrogens with one attached hydrogen (secondary N) is 1. The van der Waals surface area contributed by atoms with Gasteiger partial charge in [-0.1, -0.05) is 27.7 Å². The van der Waals surface area contributed by atoms with Gasteiger partial charge in [-0.2, -0.15) is 0 Å². The Labute approximate surface area is 103 Å². The molecule has 0 saturated heterocycles. The predicted molar refractivity (Wildman–Crippen MR) is 66.8 cm³/mol. The molecule has 0 spiro atoms. The summed E-state index contributed by atoms with van der Waals surface area (Å²) in [6.45, 7) is 9.64. The van der Waals surface area contributed by atoms with E-state index in [1.54, 1.807) is 0 Å². The topological polar surface area (TPSA) is 69.6 Å². The van der Waals surface area contributed by atoms with Gasteiger partial charge in [-0.3, -0.25) is 9.69 Å². The van der Waals surface area contributed by atoms with Crippen LogP contribution < -0.4 is 5.32 Å². The van der Waals surface area contributed by atoms with Crippen molar-refractivity contribution >= 4 is 11.9 Å². The van der Waals surface area contributed by atoms with Crippen LogP contribution in [0, 0.1) is 5.92 Å². The predicted octanol–water partition coefficient (Wildman–Crippen LogP) is 0.944. The number of carbonyl (C=O) groups excluding carboxylic acids is 1. The first-order chi connectivity index (χ1) is 7.90. The SMILES string of the molecule is CCN(CC)CC(=O)N[C@@H](CC(C)C)C(=O)O. The monoisotopic (exact) mass is 244 g/mol. The third-order valence-electron chi connectivity index (χ3n) is 2.60. The van der Waals surface area contributed by atoms with Gasteiger partial charge in [0.25, 0.3) is 0 Å². The van der Waals surface area contributed by atoms with Gasteiger partial charge in [0, 0.05) is 0 Å². The summed E-state index contributed by atoms with van der Waals surface area (Å²) in [7, 11) is 0. The molecule has 0 saturated carbocycles. The number of carboxylic acid groups (broad SMARTS) is 1. The zero-order chi connectivity index (χ0) is 13.4. The standard InChI is InChI=1S/C12H24N2O3/c1-5-14(6-2)8-11(15)13-10(12(16)17)7-9(3)4/h9-10H,5-8H2,1-4H3,(H,13,15)(H,16,17)/t10-/m0/s1. The van der Waals surface area contributed by atoms with Crippen molar-refractivity contribution in [2.45, 2.75) is 40.2 Å². The summed E-state index contributed by atoms with van der Waals surface area (Å²) in [5.41, 5.74) is 0. The molecule has 0 rings (SSSR count). The van der Waals surface area contributed by atoms with Crippen molar-refractivity contribution < 1.29 is 14.7 Å². The normalized spacial score (nSPS) is 12.8. The third-order valence-corrected chi connectivity index (χ3v) is 2.60. The molecule has 0 aromatic carbocycles. The van der Waals surface area contributed by atoms with Gasteiger partial charge >= 0.3 is 5.97 Å². The van der Waals surface area contributed by atoms with Crippen molar-refractivity contribution in [3.8, 4) is 0 Å². The van der Waals surface area contributed by atoms with Crippen molar-refractivity contribution in [1.82, 2.24) is 10.2 Å². The fourth-order valence-electron chi connectivity index (χ4n) is 1.58. The maximum atomic E-state index is 11.7. The largest absolute Gasteiger partial charge is 0.480 e. The molecule has 17 heavy (non-hydrogen) atoms. The van der Waals surface area contributed by atoms with Crippen LogP contribution >= 0.6 is 0 Å². The highest BCUT2D eigenvalue weighted by molar-refractivity contribution is 5.84. The number of hydrogen-bond acceptors (Lipinski definition) is 3. The van der Waals surface area contributed by atoms with Gasteiger partial charge in [0.1, 0.15) is 6.04 Å².